The smallest absolute Gasteiger partial charge is 0.225 e. The van der Waals surface area contributed by atoms with Crippen molar-refractivity contribution in [3.05, 3.63) is 29.8 Å². The monoisotopic (exact) mass is 261 g/mol. The van der Waals surface area contributed by atoms with E-state index in [1.165, 1.54) is 0 Å². The lowest BCUT2D eigenvalue weighted by Gasteiger charge is -2.17. The molecule has 0 aliphatic carbocycles. The minimum atomic E-state index is -0.410. The van der Waals surface area contributed by atoms with E-state index in [1.54, 1.807) is 31.2 Å². The number of anilines is 1. The Morgan fingerprint density at radius 3 is 2.84 bits per heavy atom. The standard InChI is InChI=1S/C14H19N3O2/c1-11(18)10-17(2)8-7-14(19)16-13-6-4-3-5-12(13)9-15/h3-6,11,18H,7-8,10H2,1-2H3,(H,16,19). The second kappa shape index (κ2) is 7.52. The predicted octanol–water partition coefficient (Wildman–Crippen LogP) is 1.20. The number of likely N-dealkylation sites (N-methyl/N-ethyl adjacent to an activating group) is 1. The highest BCUT2D eigenvalue weighted by Gasteiger charge is 2.08. The molecule has 0 heterocycles. The Morgan fingerprint density at radius 1 is 1.53 bits per heavy atom. The number of nitriles is 1. The van der Waals surface area contributed by atoms with Gasteiger partial charge >= 0.3 is 0 Å². The highest BCUT2D eigenvalue weighted by Crippen LogP contribution is 2.13. The number of carbonyl (C=O) groups is 1. The van der Waals surface area contributed by atoms with Crippen LogP contribution in [0.2, 0.25) is 0 Å². The third kappa shape index (κ3) is 5.51. The van der Waals surface area contributed by atoms with E-state index in [0.717, 1.165) is 0 Å². The number of para-hydroxylation sites is 1. The van der Waals surface area contributed by atoms with Crippen LogP contribution in [-0.2, 0) is 4.79 Å². The number of carbonyl (C=O) groups excluding carboxylic acids is 1. The zero-order valence-electron chi connectivity index (χ0n) is 11.3. The molecule has 0 bridgehead atoms. The Hall–Kier alpha value is -1.90. The van der Waals surface area contributed by atoms with E-state index >= 15 is 0 Å². The zero-order valence-corrected chi connectivity index (χ0v) is 11.3. The van der Waals surface area contributed by atoms with Crippen LogP contribution in [0.5, 0.6) is 0 Å². The Morgan fingerprint density at radius 2 is 2.21 bits per heavy atom. The summed E-state index contributed by atoms with van der Waals surface area (Å²) >= 11 is 0. The first kappa shape index (κ1) is 15.2. The maximum Gasteiger partial charge on any atom is 0.225 e. The van der Waals surface area contributed by atoms with Gasteiger partial charge in [-0.2, -0.15) is 5.26 Å². The van der Waals surface area contributed by atoms with Crippen LogP contribution < -0.4 is 5.32 Å². The lowest BCUT2D eigenvalue weighted by molar-refractivity contribution is -0.116. The van der Waals surface area contributed by atoms with Crippen molar-refractivity contribution in [1.29, 1.82) is 5.26 Å². The summed E-state index contributed by atoms with van der Waals surface area (Å²) in [6, 6.07) is 8.93. The molecule has 5 heteroatoms. The summed E-state index contributed by atoms with van der Waals surface area (Å²) in [5.41, 5.74) is 0.987. The van der Waals surface area contributed by atoms with Gasteiger partial charge in [-0.25, -0.2) is 0 Å². The number of nitrogens with one attached hydrogen (secondary N) is 1. The van der Waals surface area contributed by atoms with Crippen LogP contribution in [0.15, 0.2) is 24.3 Å². The number of amides is 1. The Balaban J connectivity index is 2.46. The lowest BCUT2D eigenvalue weighted by Crippen LogP contribution is -2.30. The lowest BCUT2D eigenvalue weighted by atomic mass is 10.2. The summed E-state index contributed by atoms with van der Waals surface area (Å²) in [6.45, 7) is 2.80. The van der Waals surface area contributed by atoms with E-state index < -0.39 is 6.10 Å². The molecule has 2 N–H and O–H groups in total. The van der Waals surface area contributed by atoms with Gasteiger partial charge in [0.15, 0.2) is 0 Å². The van der Waals surface area contributed by atoms with Gasteiger partial charge in [0.25, 0.3) is 0 Å². The van der Waals surface area contributed by atoms with E-state index in [4.69, 9.17) is 5.26 Å². The Labute approximate surface area is 113 Å². The molecule has 0 spiro atoms. The van der Waals surface area contributed by atoms with Gasteiger partial charge in [0.1, 0.15) is 6.07 Å². The van der Waals surface area contributed by atoms with E-state index in [-0.39, 0.29) is 5.91 Å². The molecule has 1 rings (SSSR count). The molecule has 0 aliphatic heterocycles. The van der Waals surface area contributed by atoms with Gasteiger partial charge in [-0.1, -0.05) is 12.1 Å². The zero-order chi connectivity index (χ0) is 14.3. The van der Waals surface area contributed by atoms with E-state index in [1.807, 2.05) is 18.0 Å². The maximum atomic E-state index is 11.8. The average molecular weight is 261 g/mol. The van der Waals surface area contributed by atoms with Crippen molar-refractivity contribution >= 4 is 11.6 Å². The summed E-state index contributed by atoms with van der Waals surface area (Å²) in [6.07, 6.45) is -0.0874. The number of hydrogen-bond acceptors (Lipinski definition) is 4. The van der Waals surface area contributed by atoms with Gasteiger partial charge in [0.05, 0.1) is 17.4 Å². The molecule has 1 unspecified atom stereocenters. The summed E-state index contributed by atoms with van der Waals surface area (Å²) in [7, 11) is 1.85. The molecule has 0 fully saturated rings. The highest BCUT2D eigenvalue weighted by molar-refractivity contribution is 5.92. The summed E-state index contributed by atoms with van der Waals surface area (Å²) in [5, 5.41) is 20.8. The molecule has 1 amide bonds. The molecule has 1 atom stereocenters. The average Bonchev–Trinajstić information content (AvgIpc) is 2.36. The number of hydrogen-bond donors (Lipinski definition) is 2. The molecule has 0 saturated carbocycles. The van der Waals surface area contributed by atoms with Crippen molar-refractivity contribution in [2.45, 2.75) is 19.4 Å². The molecule has 102 valence electrons. The van der Waals surface area contributed by atoms with Crippen molar-refractivity contribution in [2.75, 3.05) is 25.5 Å². The third-order valence-corrected chi connectivity index (χ3v) is 2.62. The molecular weight excluding hydrogens is 242 g/mol. The fourth-order valence-corrected chi connectivity index (χ4v) is 1.74. The summed E-state index contributed by atoms with van der Waals surface area (Å²) < 4.78 is 0. The molecule has 19 heavy (non-hydrogen) atoms. The van der Waals surface area contributed by atoms with Gasteiger partial charge in [0.2, 0.25) is 5.91 Å². The van der Waals surface area contributed by atoms with Crippen molar-refractivity contribution in [2.24, 2.45) is 0 Å². The van der Waals surface area contributed by atoms with Crippen LogP contribution in [0.25, 0.3) is 0 Å². The molecule has 1 aromatic carbocycles. The number of nitrogens with zero attached hydrogens (tertiary/aromatic N) is 2. The van der Waals surface area contributed by atoms with Crippen LogP contribution in [0.1, 0.15) is 18.9 Å². The van der Waals surface area contributed by atoms with Gasteiger partial charge in [-0.3, -0.25) is 4.79 Å². The molecule has 0 aromatic heterocycles. The van der Waals surface area contributed by atoms with Gasteiger partial charge in [0, 0.05) is 19.5 Å². The first-order valence-electron chi connectivity index (χ1n) is 6.18. The molecular formula is C14H19N3O2. The molecule has 0 saturated heterocycles. The minimum absolute atomic E-state index is 0.139. The van der Waals surface area contributed by atoms with E-state index in [0.29, 0.717) is 30.8 Å². The molecule has 5 nitrogen and oxygen atoms in total. The SMILES string of the molecule is CC(O)CN(C)CCC(=O)Nc1ccccc1C#N. The van der Waals surface area contributed by atoms with Crippen LogP contribution in [0.3, 0.4) is 0 Å². The highest BCUT2D eigenvalue weighted by atomic mass is 16.3. The van der Waals surface area contributed by atoms with Gasteiger partial charge in [-0.05, 0) is 26.1 Å². The van der Waals surface area contributed by atoms with Crippen LogP contribution in [0, 0.1) is 11.3 Å². The first-order valence-corrected chi connectivity index (χ1v) is 6.18. The maximum absolute atomic E-state index is 11.8. The first-order chi connectivity index (χ1) is 9.02. The van der Waals surface area contributed by atoms with Crippen molar-refractivity contribution in [3.63, 3.8) is 0 Å². The predicted molar refractivity (Wildman–Crippen MR) is 73.6 cm³/mol. The van der Waals surface area contributed by atoms with Crippen molar-refractivity contribution < 1.29 is 9.90 Å². The van der Waals surface area contributed by atoms with Crippen LogP contribution in [-0.4, -0.2) is 42.2 Å². The number of aliphatic hydroxyl groups excluding tert-OH is 1. The Kier molecular flexibility index (Phi) is 6.00. The van der Waals surface area contributed by atoms with E-state index in [9.17, 15) is 9.90 Å². The second-order valence-corrected chi connectivity index (χ2v) is 4.57. The fourth-order valence-electron chi connectivity index (χ4n) is 1.74. The fraction of sp³-hybridized carbons (Fsp3) is 0.429. The Bertz CT molecular complexity index is 466. The summed E-state index contributed by atoms with van der Waals surface area (Å²) in [5.74, 6) is -0.139. The van der Waals surface area contributed by atoms with Gasteiger partial charge in [-0.15, -0.1) is 0 Å². The molecule has 0 radical (unpaired) electrons. The van der Waals surface area contributed by atoms with Crippen LogP contribution >= 0.6 is 0 Å². The number of benzene rings is 1. The minimum Gasteiger partial charge on any atom is -0.392 e. The quantitative estimate of drug-likeness (QED) is 0.806. The van der Waals surface area contributed by atoms with Gasteiger partial charge < -0.3 is 15.3 Å². The topological polar surface area (TPSA) is 76.4 Å². The number of aliphatic hydroxyl groups is 1. The van der Waals surface area contributed by atoms with Crippen molar-refractivity contribution in [1.82, 2.24) is 4.90 Å². The van der Waals surface area contributed by atoms with Crippen molar-refractivity contribution in [3.8, 4) is 6.07 Å². The normalized spacial score (nSPS) is 11.9. The molecule has 1 aromatic rings. The second-order valence-electron chi connectivity index (χ2n) is 4.57. The van der Waals surface area contributed by atoms with E-state index in [2.05, 4.69) is 5.32 Å². The van der Waals surface area contributed by atoms with Crippen LogP contribution in [0.4, 0.5) is 5.69 Å². The number of rotatable bonds is 6. The largest absolute Gasteiger partial charge is 0.392 e. The third-order valence-electron chi connectivity index (χ3n) is 2.62. The molecule has 0 aliphatic rings. The summed E-state index contributed by atoms with van der Waals surface area (Å²) in [4.78, 5) is 13.7.